The van der Waals surface area contributed by atoms with Crippen LogP contribution in [0.4, 0.5) is 17.1 Å². The van der Waals surface area contributed by atoms with Crippen LogP contribution in [-0.4, -0.2) is 0 Å². The van der Waals surface area contributed by atoms with Gasteiger partial charge in [-0.15, -0.1) is 0 Å². The Bertz CT molecular complexity index is 1390. The molecule has 0 aliphatic carbocycles. The van der Waals surface area contributed by atoms with Gasteiger partial charge in [0.2, 0.25) is 0 Å². The lowest BCUT2D eigenvalue weighted by Gasteiger charge is -2.33. The predicted octanol–water partition coefficient (Wildman–Crippen LogP) is 7.88. The number of hydrogen-bond acceptors (Lipinski definition) is 2. The lowest BCUT2D eigenvalue weighted by Crippen LogP contribution is -2.15. The smallest absolute Gasteiger partial charge is 0.159 e. The Balaban J connectivity index is 1.67. The van der Waals surface area contributed by atoms with Crippen molar-refractivity contribution in [3.05, 3.63) is 103 Å². The van der Waals surface area contributed by atoms with Crippen molar-refractivity contribution < 1.29 is 4.74 Å². The van der Waals surface area contributed by atoms with Gasteiger partial charge in [-0.3, -0.25) is 0 Å². The number of para-hydroxylation sites is 2. The van der Waals surface area contributed by atoms with E-state index in [9.17, 15) is 0 Å². The molecule has 0 aromatic heterocycles. The third kappa shape index (κ3) is 2.43. The predicted molar refractivity (Wildman–Crippen MR) is 121 cm³/mol. The number of hydrogen-bond donors (Lipinski definition) is 0. The Kier molecular flexibility index (Phi) is 3.41. The van der Waals surface area contributed by atoms with E-state index >= 15 is 0 Å². The fourth-order valence-corrected chi connectivity index (χ4v) is 4.27. The van der Waals surface area contributed by atoms with Crippen molar-refractivity contribution in [1.29, 1.82) is 0 Å². The summed E-state index contributed by atoms with van der Waals surface area (Å²) in [6, 6.07) is 34.2. The minimum atomic E-state index is 0.876. The van der Waals surface area contributed by atoms with Gasteiger partial charge < -0.3 is 9.64 Å². The van der Waals surface area contributed by atoms with Crippen LogP contribution in [-0.2, 0) is 0 Å². The summed E-state index contributed by atoms with van der Waals surface area (Å²) < 4.78 is 6.47. The Labute approximate surface area is 169 Å². The molecule has 1 aliphatic rings. The first-order chi connectivity index (χ1) is 14.3. The van der Waals surface area contributed by atoms with Crippen molar-refractivity contribution in [2.24, 2.45) is 0 Å². The highest BCUT2D eigenvalue weighted by atomic mass is 16.5. The van der Waals surface area contributed by atoms with Gasteiger partial charge in [0.25, 0.3) is 0 Å². The van der Waals surface area contributed by atoms with E-state index < -0.39 is 0 Å². The Morgan fingerprint density at radius 1 is 0.586 bits per heavy atom. The molecule has 0 saturated carbocycles. The minimum absolute atomic E-state index is 0.876. The summed E-state index contributed by atoms with van der Waals surface area (Å²) in [4.78, 5) is 2.29. The highest BCUT2D eigenvalue weighted by Gasteiger charge is 2.27. The van der Waals surface area contributed by atoms with E-state index in [1.54, 1.807) is 0 Å². The zero-order valence-corrected chi connectivity index (χ0v) is 16.1. The van der Waals surface area contributed by atoms with Crippen LogP contribution in [0.5, 0.6) is 11.5 Å². The van der Waals surface area contributed by atoms with Gasteiger partial charge in [-0.25, -0.2) is 0 Å². The van der Waals surface area contributed by atoms with Crippen molar-refractivity contribution in [2.45, 2.75) is 6.92 Å². The van der Waals surface area contributed by atoms with Gasteiger partial charge >= 0.3 is 0 Å². The number of anilines is 3. The molecule has 6 rings (SSSR count). The summed E-state index contributed by atoms with van der Waals surface area (Å²) >= 11 is 0. The molecule has 0 N–H and O–H groups in total. The molecule has 2 nitrogen and oxygen atoms in total. The molecule has 0 unspecified atom stereocenters. The average molecular weight is 373 g/mol. The Hall–Kier alpha value is -3.78. The van der Waals surface area contributed by atoms with Crippen LogP contribution in [0.1, 0.15) is 5.56 Å². The third-order valence-electron chi connectivity index (χ3n) is 5.71. The topological polar surface area (TPSA) is 12.5 Å². The summed E-state index contributed by atoms with van der Waals surface area (Å²) in [6.45, 7) is 2.11. The molecule has 0 atom stereocenters. The molecule has 5 aromatic carbocycles. The van der Waals surface area contributed by atoms with Gasteiger partial charge in [0, 0.05) is 11.1 Å². The molecule has 5 aromatic rings. The zero-order chi connectivity index (χ0) is 19.4. The number of ether oxygens (including phenoxy) is 1. The summed E-state index contributed by atoms with van der Waals surface area (Å²) in [7, 11) is 0. The van der Waals surface area contributed by atoms with Gasteiger partial charge in [-0.2, -0.15) is 0 Å². The highest BCUT2D eigenvalue weighted by molar-refractivity contribution is 6.12. The standard InChI is InChI=1S/C27H19NO/c1-18-10-13-20(14-11-18)28-24-8-4-5-9-26(24)29-27-23-15-12-19-6-2-3-7-21(19)22(23)16-17-25(27)28/h2-17H,1H3. The summed E-state index contributed by atoms with van der Waals surface area (Å²) in [5.74, 6) is 1.79. The second-order valence-corrected chi connectivity index (χ2v) is 7.54. The van der Waals surface area contributed by atoms with Gasteiger partial charge in [-0.05, 0) is 59.5 Å². The van der Waals surface area contributed by atoms with Crippen molar-refractivity contribution in [3.8, 4) is 11.5 Å². The molecule has 0 amide bonds. The maximum Gasteiger partial charge on any atom is 0.159 e. The van der Waals surface area contributed by atoms with Gasteiger partial charge in [0.05, 0.1) is 11.4 Å². The van der Waals surface area contributed by atoms with Gasteiger partial charge in [0.1, 0.15) is 0 Å². The quantitative estimate of drug-likeness (QED) is 0.272. The van der Waals surface area contributed by atoms with E-state index in [1.807, 2.05) is 12.1 Å². The normalized spacial score (nSPS) is 12.5. The third-order valence-corrected chi connectivity index (χ3v) is 5.71. The van der Waals surface area contributed by atoms with Crippen molar-refractivity contribution in [2.75, 3.05) is 4.90 Å². The number of aryl methyl sites for hydroxylation is 1. The maximum absolute atomic E-state index is 6.47. The fourth-order valence-electron chi connectivity index (χ4n) is 4.27. The number of fused-ring (bicyclic) bond motifs is 6. The van der Waals surface area contributed by atoms with Crippen LogP contribution < -0.4 is 9.64 Å². The second-order valence-electron chi connectivity index (χ2n) is 7.54. The van der Waals surface area contributed by atoms with E-state index in [0.29, 0.717) is 0 Å². The van der Waals surface area contributed by atoms with Crippen LogP contribution in [0.3, 0.4) is 0 Å². The zero-order valence-electron chi connectivity index (χ0n) is 16.1. The van der Waals surface area contributed by atoms with E-state index in [4.69, 9.17) is 4.74 Å². The Morgan fingerprint density at radius 2 is 1.34 bits per heavy atom. The van der Waals surface area contributed by atoms with E-state index in [1.165, 1.54) is 21.7 Å². The summed E-state index contributed by atoms with van der Waals surface area (Å²) in [5.41, 5.74) is 4.51. The molecule has 1 heterocycles. The monoisotopic (exact) mass is 373 g/mol. The number of rotatable bonds is 1. The van der Waals surface area contributed by atoms with E-state index in [2.05, 4.69) is 96.8 Å². The molecule has 138 valence electrons. The maximum atomic E-state index is 6.47. The van der Waals surface area contributed by atoms with Crippen LogP contribution in [0.15, 0.2) is 97.1 Å². The van der Waals surface area contributed by atoms with Crippen LogP contribution in [0.25, 0.3) is 21.5 Å². The number of benzene rings is 5. The highest BCUT2D eigenvalue weighted by Crippen LogP contribution is 2.53. The molecule has 1 aliphatic heterocycles. The summed E-state index contributed by atoms with van der Waals surface area (Å²) in [6.07, 6.45) is 0. The second kappa shape index (κ2) is 6.11. The lowest BCUT2D eigenvalue weighted by atomic mass is 9.99. The molecular weight excluding hydrogens is 354 g/mol. The molecule has 0 saturated heterocycles. The summed E-state index contributed by atoms with van der Waals surface area (Å²) in [5, 5.41) is 4.83. The first-order valence-corrected chi connectivity index (χ1v) is 9.88. The van der Waals surface area contributed by atoms with Crippen molar-refractivity contribution in [3.63, 3.8) is 0 Å². The Morgan fingerprint density at radius 3 is 2.24 bits per heavy atom. The molecule has 0 fully saturated rings. The molecule has 2 heteroatoms. The van der Waals surface area contributed by atoms with Crippen LogP contribution in [0, 0.1) is 6.92 Å². The van der Waals surface area contributed by atoms with Gasteiger partial charge in [0.15, 0.2) is 11.5 Å². The molecule has 0 radical (unpaired) electrons. The molecule has 0 bridgehead atoms. The van der Waals surface area contributed by atoms with Crippen molar-refractivity contribution in [1.82, 2.24) is 0 Å². The number of nitrogens with zero attached hydrogens (tertiary/aromatic N) is 1. The van der Waals surface area contributed by atoms with Crippen LogP contribution in [0.2, 0.25) is 0 Å². The first kappa shape index (κ1) is 16.2. The SMILES string of the molecule is Cc1ccc(N2c3ccccc3Oc3c2ccc2c3ccc3ccccc32)cc1. The van der Waals surface area contributed by atoms with Crippen LogP contribution >= 0.6 is 0 Å². The molecule has 29 heavy (non-hydrogen) atoms. The molecular formula is C27H19NO. The molecule has 0 spiro atoms. The van der Waals surface area contributed by atoms with Gasteiger partial charge in [-0.1, -0.05) is 66.2 Å². The largest absolute Gasteiger partial charge is 0.452 e. The van der Waals surface area contributed by atoms with E-state index in [-0.39, 0.29) is 0 Å². The fraction of sp³-hybridized carbons (Fsp3) is 0.0370. The first-order valence-electron chi connectivity index (χ1n) is 9.88. The lowest BCUT2D eigenvalue weighted by molar-refractivity contribution is 0.482. The van der Waals surface area contributed by atoms with Crippen molar-refractivity contribution >= 4 is 38.6 Å². The minimum Gasteiger partial charge on any atom is -0.452 e. The average Bonchev–Trinajstić information content (AvgIpc) is 2.78. The van der Waals surface area contributed by atoms with E-state index in [0.717, 1.165) is 33.9 Å².